The molecule has 10 heteroatoms. The molecule has 3 aromatic carbocycles. The monoisotopic (exact) mass is 595 g/mol. The van der Waals surface area contributed by atoms with Gasteiger partial charge in [0.1, 0.15) is 11.4 Å². The minimum Gasteiger partial charge on any atom is -0.494 e. The molecule has 2 aromatic heterocycles. The molecular weight excluding hydrogens is 566 g/mol. The van der Waals surface area contributed by atoms with Crippen molar-refractivity contribution in [3.63, 3.8) is 0 Å². The Balaban J connectivity index is 1.33. The third-order valence-corrected chi connectivity index (χ3v) is 7.99. The average molecular weight is 596 g/mol. The number of hydrogen-bond donors (Lipinski definition) is 0. The first-order chi connectivity index (χ1) is 20.9. The van der Waals surface area contributed by atoms with Gasteiger partial charge in [-0.15, -0.1) is 0 Å². The first-order valence-corrected chi connectivity index (χ1v) is 14.5. The Labute approximate surface area is 254 Å². The van der Waals surface area contributed by atoms with Gasteiger partial charge in [-0.05, 0) is 54.4 Å². The van der Waals surface area contributed by atoms with Crippen LogP contribution in [0.15, 0.2) is 91.1 Å². The number of fused-ring (bicyclic) bond motifs is 1. The summed E-state index contributed by atoms with van der Waals surface area (Å²) in [6.07, 6.45) is 2.06. The maximum Gasteiger partial charge on any atom is 0.270 e. The van der Waals surface area contributed by atoms with Crippen molar-refractivity contribution in [2.75, 3.05) is 32.8 Å². The molecule has 1 aliphatic heterocycles. The maximum atomic E-state index is 13.1. The minimum absolute atomic E-state index is 0.0145. The molecule has 1 saturated heterocycles. The standard InChI is InChI=1S/C33H30ClN5O4/c1-2-43-27-10-6-7-23(20-27)25-13-14-31-35-32(24-8-5-9-26(19-24)39(41)42)30(38(31)21-25)22-36-15-17-37(18-16-36)33(40)28-11-3-4-12-29(28)34/h3-14,19-21H,2,15-18,22H2,1H3. The van der Waals surface area contributed by atoms with Crippen LogP contribution in [0.4, 0.5) is 5.69 Å². The number of halogens is 1. The van der Waals surface area contributed by atoms with Gasteiger partial charge in [0.25, 0.3) is 11.6 Å². The highest BCUT2D eigenvalue weighted by atomic mass is 35.5. The molecular formula is C33H30ClN5O4. The molecule has 1 fully saturated rings. The smallest absolute Gasteiger partial charge is 0.270 e. The van der Waals surface area contributed by atoms with Gasteiger partial charge in [-0.1, -0.05) is 48.0 Å². The number of hydrogen-bond acceptors (Lipinski definition) is 6. The average Bonchev–Trinajstić information content (AvgIpc) is 3.39. The predicted octanol–water partition coefficient (Wildman–Crippen LogP) is 6.59. The van der Waals surface area contributed by atoms with E-state index in [1.165, 1.54) is 6.07 Å². The second-order valence-corrected chi connectivity index (χ2v) is 10.8. The van der Waals surface area contributed by atoms with Crippen molar-refractivity contribution in [3.8, 4) is 28.1 Å². The minimum atomic E-state index is -0.391. The number of carbonyl (C=O) groups excluding carboxylic acids is 1. The molecule has 5 aromatic rings. The topological polar surface area (TPSA) is 93.2 Å². The van der Waals surface area contributed by atoms with E-state index in [2.05, 4.69) is 15.5 Å². The molecule has 43 heavy (non-hydrogen) atoms. The summed E-state index contributed by atoms with van der Waals surface area (Å²) in [6, 6.07) is 25.6. The summed E-state index contributed by atoms with van der Waals surface area (Å²) in [5.41, 5.74) is 5.57. The molecule has 0 unspecified atom stereocenters. The molecule has 0 radical (unpaired) electrons. The zero-order valence-corrected chi connectivity index (χ0v) is 24.4. The van der Waals surface area contributed by atoms with Crippen LogP contribution in [0.1, 0.15) is 23.0 Å². The van der Waals surface area contributed by atoms with Gasteiger partial charge >= 0.3 is 0 Å². The molecule has 9 nitrogen and oxygen atoms in total. The van der Waals surface area contributed by atoms with E-state index in [0.717, 1.165) is 28.2 Å². The van der Waals surface area contributed by atoms with Crippen molar-refractivity contribution in [1.29, 1.82) is 0 Å². The highest BCUT2D eigenvalue weighted by Gasteiger charge is 2.26. The first-order valence-electron chi connectivity index (χ1n) is 14.2. The zero-order chi connectivity index (χ0) is 29.9. The summed E-state index contributed by atoms with van der Waals surface area (Å²) < 4.78 is 7.78. The van der Waals surface area contributed by atoms with E-state index in [4.69, 9.17) is 21.3 Å². The molecule has 6 rings (SSSR count). The van der Waals surface area contributed by atoms with E-state index in [0.29, 0.717) is 61.2 Å². The van der Waals surface area contributed by atoms with Crippen molar-refractivity contribution >= 4 is 28.8 Å². The maximum absolute atomic E-state index is 13.1. The van der Waals surface area contributed by atoms with E-state index in [1.807, 2.05) is 66.4 Å². The number of imidazole rings is 1. The van der Waals surface area contributed by atoms with Crippen LogP contribution in [0.2, 0.25) is 5.02 Å². The summed E-state index contributed by atoms with van der Waals surface area (Å²) in [5, 5.41) is 12.0. The summed E-state index contributed by atoms with van der Waals surface area (Å²) >= 11 is 6.29. The van der Waals surface area contributed by atoms with Crippen molar-refractivity contribution in [2.24, 2.45) is 0 Å². The van der Waals surface area contributed by atoms with Gasteiger partial charge in [0.2, 0.25) is 0 Å². The molecule has 0 bridgehead atoms. The summed E-state index contributed by atoms with van der Waals surface area (Å²) in [4.78, 5) is 33.3. The molecule has 3 heterocycles. The van der Waals surface area contributed by atoms with Crippen LogP contribution in [-0.2, 0) is 6.54 Å². The number of pyridine rings is 1. The van der Waals surface area contributed by atoms with E-state index < -0.39 is 4.92 Å². The fourth-order valence-corrected chi connectivity index (χ4v) is 5.69. The van der Waals surface area contributed by atoms with Crippen LogP contribution < -0.4 is 4.74 Å². The normalized spacial score (nSPS) is 13.8. The summed E-state index contributed by atoms with van der Waals surface area (Å²) in [5.74, 6) is 0.726. The van der Waals surface area contributed by atoms with Gasteiger partial charge in [0, 0.05) is 56.6 Å². The molecule has 1 aliphatic rings. The molecule has 0 atom stereocenters. The van der Waals surface area contributed by atoms with E-state index in [1.54, 1.807) is 24.3 Å². The van der Waals surface area contributed by atoms with Gasteiger partial charge in [0.15, 0.2) is 0 Å². The Bertz CT molecular complexity index is 1810. The molecule has 0 aliphatic carbocycles. The lowest BCUT2D eigenvalue weighted by atomic mass is 10.1. The Morgan fingerprint density at radius 3 is 2.47 bits per heavy atom. The van der Waals surface area contributed by atoms with Gasteiger partial charge < -0.3 is 14.0 Å². The number of piperazine rings is 1. The van der Waals surface area contributed by atoms with Crippen molar-refractivity contribution < 1.29 is 14.5 Å². The number of amides is 1. The van der Waals surface area contributed by atoms with Crippen LogP contribution in [0.3, 0.4) is 0 Å². The number of rotatable bonds is 8. The lowest BCUT2D eigenvalue weighted by Gasteiger charge is -2.35. The largest absolute Gasteiger partial charge is 0.494 e. The van der Waals surface area contributed by atoms with Crippen LogP contribution in [0.25, 0.3) is 28.0 Å². The number of nitro benzene ring substituents is 1. The summed E-state index contributed by atoms with van der Waals surface area (Å²) in [7, 11) is 0. The van der Waals surface area contributed by atoms with Gasteiger partial charge in [-0.25, -0.2) is 4.98 Å². The number of carbonyl (C=O) groups is 1. The lowest BCUT2D eigenvalue weighted by molar-refractivity contribution is -0.384. The highest BCUT2D eigenvalue weighted by Crippen LogP contribution is 2.31. The third-order valence-electron chi connectivity index (χ3n) is 7.66. The Morgan fingerprint density at radius 2 is 1.70 bits per heavy atom. The molecule has 0 saturated carbocycles. The number of nitrogens with zero attached hydrogens (tertiary/aromatic N) is 5. The fraction of sp³-hybridized carbons (Fsp3) is 0.212. The molecule has 1 amide bonds. The Morgan fingerprint density at radius 1 is 0.930 bits per heavy atom. The van der Waals surface area contributed by atoms with Crippen LogP contribution in [0.5, 0.6) is 5.75 Å². The molecule has 0 N–H and O–H groups in total. The zero-order valence-electron chi connectivity index (χ0n) is 23.6. The molecule has 218 valence electrons. The quantitative estimate of drug-likeness (QED) is 0.148. The number of nitro groups is 1. The van der Waals surface area contributed by atoms with Crippen LogP contribution in [0, 0.1) is 10.1 Å². The second-order valence-electron chi connectivity index (χ2n) is 10.4. The van der Waals surface area contributed by atoms with Crippen LogP contribution in [-0.4, -0.2) is 62.8 Å². The highest BCUT2D eigenvalue weighted by molar-refractivity contribution is 6.33. The number of non-ortho nitro benzene ring substituents is 1. The predicted molar refractivity (Wildman–Crippen MR) is 167 cm³/mol. The lowest BCUT2D eigenvalue weighted by Crippen LogP contribution is -2.48. The van der Waals surface area contributed by atoms with Crippen molar-refractivity contribution in [3.05, 3.63) is 118 Å². The number of benzene rings is 3. The Kier molecular flexibility index (Phi) is 8.09. The van der Waals surface area contributed by atoms with Gasteiger partial charge in [-0.3, -0.25) is 19.8 Å². The van der Waals surface area contributed by atoms with Crippen molar-refractivity contribution in [2.45, 2.75) is 13.5 Å². The van der Waals surface area contributed by atoms with Crippen LogP contribution >= 0.6 is 11.6 Å². The van der Waals surface area contributed by atoms with Gasteiger partial charge in [-0.2, -0.15) is 0 Å². The van der Waals surface area contributed by atoms with E-state index in [9.17, 15) is 14.9 Å². The SMILES string of the molecule is CCOc1cccc(-c2ccc3nc(-c4cccc([N+](=O)[O-])c4)c(CN4CCN(C(=O)c5ccccc5Cl)CC4)n3c2)c1. The fourth-order valence-electron chi connectivity index (χ4n) is 5.47. The second kappa shape index (κ2) is 12.2. The molecule has 0 spiro atoms. The number of aromatic nitrogens is 2. The summed E-state index contributed by atoms with van der Waals surface area (Å²) in [6.45, 7) is 5.53. The van der Waals surface area contributed by atoms with Gasteiger partial charge in [0.05, 0.1) is 33.5 Å². The third kappa shape index (κ3) is 5.95. The van der Waals surface area contributed by atoms with Crippen molar-refractivity contribution in [1.82, 2.24) is 19.2 Å². The Hall–Kier alpha value is -4.73. The van der Waals surface area contributed by atoms with E-state index >= 15 is 0 Å². The first kappa shape index (κ1) is 28.4. The number of ether oxygens (including phenoxy) is 1. The van der Waals surface area contributed by atoms with E-state index in [-0.39, 0.29) is 11.6 Å².